The largest absolute Gasteiger partial charge is 0.207 e. The number of benzene rings is 3. The molecule has 0 aliphatic carbocycles. The summed E-state index contributed by atoms with van der Waals surface area (Å²) < 4.78 is 25.2. The normalized spacial score (nSPS) is 9.67. The Bertz CT molecular complexity index is 676. The summed E-state index contributed by atoms with van der Waals surface area (Å²) >= 11 is 0. The molecule has 3 aromatic carbocycles. The van der Waals surface area contributed by atoms with E-state index in [-0.39, 0.29) is 11.6 Å². The molecule has 0 heterocycles. The van der Waals surface area contributed by atoms with Crippen LogP contribution in [0.2, 0.25) is 0 Å². The lowest BCUT2D eigenvalue weighted by atomic mass is 10.0. The Morgan fingerprint density at radius 3 is 1.67 bits per heavy atom. The van der Waals surface area contributed by atoms with Crippen LogP contribution in [-0.4, -0.2) is 0 Å². The molecule has 0 saturated heterocycles. The minimum atomic E-state index is -0.178. The van der Waals surface area contributed by atoms with Crippen molar-refractivity contribution in [2.75, 3.05) is 0 Å². The molecule has 0 amide bonds. The van der Waals surface area contributed by atoms with Gasteiger partial charge in [0, 0.05) is 0 Å². The highest BCUT2D eigenvalue weighted by Crippen LogP contribution is 2.20. The molecule has 2 heteroatoms. The van der Waals surface area contributed by atoms with Gasteiger partial charge in [0.15, 0.2) is 0 Å². The molecule has 0 aliphatic rings. The summed E-state index contributed by atoms with van der Waals surface area (Å²) in [5, 5.41) is 0. The third kappa shape index (κ3) is 4.53. The zero-order valence-electron chi connectivity index (χ0n) is 11.8. The highest BCUT2D eigenvalue weighted by Gasteiger charge is 2.00. The first-order valence-corrected chi connectivity index (χ1v) is 6.69. The molecule has 0 spiro atoms. The van der Waals surface area contributed by atoms with Crippen molar-refractivity contribution >= 4 is 0 Å². The zero-order chi connectivity index (χ0) is 15.1. The van der Waals surface area contributed by atoms with Crippen molar-refractivity contribution in [3.63, 3.8) is 0 Å². The quantitative estimate of drug-likeness (QED) is 0.543. The van der Waals surface area contributed by atoms with Gasteiger partial charge < -0.3 is 0 Å². The predicted molar refractivity (Wildman–Crippen MR) is 83.0 cm³/mol. The molecule has 21 heavy (non-hydrogen) atoms. The molecule has 3 rings (SSSR count). The van der Waals surface area contributed by atoms with Crippen LogP contribution in [0.1, 0.15) is 5.56 Å². The maximum Gasteiger partial charge on any atom is 0.126 e. The lowest BCUT2D eigenvalue weighted by molar-refractivity contribution is 0.619. The lowest BCUT2D eigenvalue weighted by Gasteiger charge is -2.02. The van der Waals surface area contributed by atoms with E-state index in [0.29, 0.717) is 5.56 Å². The van der Waals surface area contributed by atoms with Crippen LogP contribution in [0.5, 0.6) is 0 Å². The maximum atomic E-state index is 13.3. The SMILES string of the molecule is Cc1ccc(-c2ccccc2)cc1F.Fc1ccccc1. The van der Waals surface area contributed by atoms with Crippen molar-refractivity contribution in [3.8, 4) is 11.1 Å². The maximum absolute atomic E-state index is 13.3. The first kappa shape index (κ1) is 14.9. The van der Waals surface area contributed by atoms with E-state index >= 15 is 0 Å². The second-order valence-electron chi connectivity index (χ2n) is 4.63. The van der Waals surface area contributed by atoms with Crippen molar-refractivity contribution in [2.24, 2.45) is 0 Å². The van der Waals surface area contributed by atoms with Gasteiger partial charge in [-0.05, 0) is 41.8 Å². The molecule has 0 fully saturated rings. The molecule has 106 valence electrons. The number of rotatable bonds is 1. The van der Waals surface area contributed by atoms with Gasteiger partial charge in [-0.15, -0.1) is 0 Å². The molecule has 0 unspecified atom stereocenters. The van der Waals surface area contributed by atoms with E-state index in [1.807, 2.05) is 36.4 Å². The zero-order valence-corrected chi connectivity index (χ0v) is 11.8. The van der Waals surface area contributed by atoms with Crippen LogP contribution in [0, 0.1) is 18.6 Å². The minimum Gasteiger partial charge on any atom is -0.207 e. The van der Waals surface area contributed by atoms with Gasteiger partial charge >= 0.3 is 0 Å². The summed E-state index contributed by atoms with van der Waals surface area (Å²) in [6.07, 6.45) is 0. The van der Waals surface area contributed by atoms with E-state index in [1.54, 1.807) is 37.3 Å². The first-order chi connectivity index (χ1) is 10.2. The fourth-order valence-electron chi connectivity index (χ4n) is 1.82. The molecule has 3 aromatic rings. The second kappa shape index (κ2) is 7.34. The van der Waals surface area contributed by atoms with Crippen LogP contribution in [0.15, 0.2) is 78.9 Å². The van der Waals surface area contributed by atoms with Crippen LogP contribution < -0.4 is 0 Å². The average Bonchev–Trinajstić information content (AvgIpc) is 2.52. The molecule has 0 saturated carbocycles. The molecule has 0 aromatic heterocycles. The Morgan fingerprint density at radius 2 is 1.19 bits per heavy atom. The van der Waals surface area contributed by atoms with Gasteiger partial charge in [0.1, 0.15) is 11.6 Å². The van der Waals surface area contributed by atoms with Gasteiger partial charge in [-0.2, -0.15) is 0 Å². The third-order valence-corrected chi connectivity index (χ3v) is 3.01. The molecular weight excluding hydrogens is 266 g/mol. The Labute approximate surface area is 123 Å². The lowest BCUT2D eigenvalue weighted by Crippen LogP contribution is -1.83. The van der Waals surface area contributed by atoms with Gasteiger partial charge in [-0.1, -0.05) is 60.7 Å². The summed E-state index contributed by atoms with van der Waals surface area (Å²) in [5.41, 5.74) is 2.66. The van der Waals surface area contributed by atoms with Crippen molar-refractivity contribution < 1.29 is 8.78 Å². The summed E-state index contributed by atoms with van der Waals surface area (Å²) in [7, 11) is 0. The van der Waals surface area contributed by atoms with E-state index < -0.39 is 0 Å². The average molecular weight is 282 g/mol. The Hall–Kier alpha value is -2.48. The van der Waals surface area contributed by atoms with E-state index in [4.69, 9.17) is 0 Å². The van der Waals surface area contributed by atoms with Crippen LogP contribution in [0.3, 0.4) is 0 Å². The fraction of sp³-hybridized carbons (Fsp3) is 0.0526. The van der Waals surface area contributed by atoms with Crippen molar-refractivity contribution in [3.05, 3.63) is 96.1 Å². The number of hydrogen-bond acceptors (Lipinski definition) is 0. The van der Waals surface area contributed by atoms with Gasteiger partial charge in [-0.25, -0.2) is 8.78 Å². The molecule has 0 radical (unpaired) electrons. The smallest absolute Gasteiger partial charge is 0.126 e. The summed E-state index contributed by atoms with van der Waals surface area (Å²) in [4.78, 5) is 0. The van der Waals surface area contributed by atoms with Gasteiger partial charge in [0.05, 0.1) is 0 Å². The summed E-state index contributed by atoms with van der Waals surface area (Å²) in [6.45, 7) is 1.77. The van der Waals surface area contributed by atoms with E-state index in [9.17, 15) is 8.78 Å². The van der Waals surface area contributed by atoms with Gasteiger partial charge in [-0.3, -0.25) is 0 Å². The number of halogens is 2. The van der Waals surface area contributed by atoms with Crippen molar-refractivity contribution in [1.82, 2.24) is 0 Å². The molecule has 0 aliphatic heterocycles. The second-order valence-corrected chi connectivity index (χ2v) is 4.63. The van der Waals surface area contributed by atoms with Crippen LogP contribution in [-0.2, 0) is 0 Å². The monoisotopic (exact) mass is 282 g/mol. The standard InChI is InChI=1S/C13H11F.C6H5F/c1-10-7-8-12(9-13(10)14)11-5-3-2-4-6-11;7-6-4-2-1-3-5-6/h2-9H,1H3;1-5H. The van der Waals surface area contributed by atoms with Crippen LogP contribution in [0.25, 0.3) is 11.1 Å². The Balaban J connectivity index is 0.000000194. The molecule has 0 N–H and O–H groups in total. The predicted octanol–water partition coefficient (Wildman–Crippen LogP) is 5.63. The fourth-order valence-corrected chi connectivity index (χ4v) is 1.82. The highest BCUT2D eigenvalue weighted by atomic mass is 19.1. The van der Waals surface area contributed by atoms with Crippen molar-refractivity contribution in [2.45, 2.75) is 6.92 Å². The molecular formula is C19H16F2. The molecule has 0 bridgehead atoms. The number of aryl methyl sites for hydroxylation is 1. The van der Waals surface area contributed by atoms with Gasteiger partial charge in [0.25, 0.3) is 0 Å². The highest BCUT2D eigenvalue weighted by molar-refractivity contribution is 5.63. The van der Waals surface area contributed by atoms with Crippen LogP contribution >= 0.6 is 0 Å². The van der Waals surface area contributed by atoms with E-state index in [0.717, 1.165) is 11.1 Å². The number of hydrogen-bond donors (Lipinski definition) is 0. The summed E-state index contributed by atoms with van der Waals surface area (Å²) in [5.74, 6) is -0.325. The molecule has 0 nitrogen and oxygen atoms in total. The van der Waals surface area contributed by atoms with Crippen LogP contribution in [0.4, 0.5) is 8.78 Å². The van der Waals surface area contributed by atoms with E-state index in [1.165, 1.54) is 12.1 Å². The Morgan fingerprint density at radius 1 is 0.619 bits per heavy atom. The summed E-state index contributed by atoms with van der Waals surface area (Å²) in [6, 6.07) is 23.1. The molecule has 0 atom stereocenters. The first-order valence-electron chi connectivity index (χ1n) is 6.69. The van der Waals surface area contributed by atoms with Crippen molar-refractivity contribution in [1.29, 1.82) is 0 Å². The third-order valence-electron chi connectivity index (χ3n) is 3.01. The van der Waals surface area contributed by atoms with E-state index in [2.05, 4.69) is 0 Å². The topological polar surface area (TPSA) is 0 Å². The van der Waals surface area contributed by atoms with Gasteiger partial charge in [0.2, 0.25) is 0 Å². The Kier molecular flexibility index (Phi) is 5.22. The minimum absolute atomic E-state index is 0.147.